The van der Waals surface area contributed by atoms with Crippen molar-refractivity contribution in [2.45, 2.75) is 25.3 Å². The highest BCUT2D eigenvalue weighted by atomic mass is 35.5. The highest BCUT2D eigenvalue weighted by molar-refractivity contribution is 6.30. The van der Waals surface area contributed by atoms with Crippen LogP contribution < -0.4 is 0 Å². The van der Waals surface area contributed by atoms with Gasteiger partial charge in [-0.05, 0) is 31.4 Å². The first-order chi connectivity index (χ1) is 9.22. The largest absolute Gasteiger partial charge is 0.467 e. The molecule has 19 heavy (non-hydrogen) atoms. The fourth-order valence-electron chi connectivity index (χ4n) is 2.53. The standard InChI is InChI=1S/C13H13ClN2O3/c1-18-13(17)9-5-2-4-8-11(14)15-12(16(8)9)10-6-3-7-19-10/h3,6-7,9H,2,4-5H2,1H3. The van der Waals surface area contributed by atoms with Crippen LogP contribution in [0.4, 0.5) is 0 Å². The van der Waals surface area contributed by atoms with Gasteiger partial charge in [-0.1, -0.05) is 11.6 Å². The molecule has 0 saturated heterocycles. The Morgan fingerprint density at radius 2 is 2.47 bits per heavy atom. The van der Waals surface area contributed by atoms with Crippen LogP contribution in [0, 0.1) is 0 Å². The molecule has 1 unspecified atom stereocenters. The van der Waals surface area contributed by atoms with Crippen molar-refractivity contribution < 1.29 is 13.9 Å². The van der Waals surface area contributed by atoms with Crippen molar-refractivity contribution in [2.24, 2.45) is 0 Å². The summed E-state index contributed by atoms with van der Waals surface area (Å²) >= 11 is 6.17. The zero-order chi connectivity index (χ0) is 13.4. The van der Waals surface area contributed by atoms with E-state index < -0.39 is 0 Å². The van der Waals surface area contributed by atoms with E-state index in [1.807, 2.05) is 4.57 Å². The van der Waals surface area contributed by atoms with Crippen molar-refractivity contribution in [3.05, 3.63) is 29.2 Å². The summed E-state index contributed by atoms with van der Waals surface area (Å²) in [5.41, 5.74) is 0.870. The molecule has 5 nitrogen and oxygen atoms in total. The smallest absolute Gasteiger partial charge is 0.328 e. The molecule has 6 heteroatoms. The average Bonchev–Trinajstić information content (AvgIpc) is 3.06. The second-order valence-corrected chi connectivity index (χ2v) is 4.81. The lowest BCUT2D eigenvalue weighted by molar-refractivity contribution is -0.145. The van der Waals surface area contributed by atoms with E-state index in [0.717, 1.165) is 25.0 Å². The van der Waals surface area contributed by atoms with E-state index in [-0.39, 0.29) is 12.0 Å². The molecule has 2 aromatic heterocycles. The molecule has 1 aliphatic heterocycles. The molecule has 0 aromatic carbocycles. The molecule has 0 saturated carbocycles. The van der Waals surface area contributed by atoms with Crippen LogP contribution in [0.1, 0.15) is 24.6 Å². The lowest BCUT2D eigenvalue weighted by Gasteiger charge is -2.24. The van der Waals surface area contributed by atoms with Crippen molar-refractivity contribution in [1.82, 2.24) is 9.55 Å². The van der Waals surface area contributed by atoms with E-state index in [2.05, 4.69) is 4.98 Å². The van der Waals surface area contributed by atoms with Crippen molar-refractivity contribution in [3.63, 3.8) is 0 Å². The number of carbonyl (C=O) groups excluding carboxylic acids is 1. The predicted molar refractivity (Wildman–Crippen MR) is 68.9 cm³/mol. The molecule has 0 radical (unpaired) electrons. The van der Waals surface area contributed by atoms with Crippen molar-refractivity contribution in [2.75, 3.05) is 7.11 Å². The van der Waals surface area contributed by atoms with Gasteiger partial charge in [-0.15, -0.1) is 0 Å². The summed E-state index contributed by atoms with van der Waals surface area (Å²) in [7, 11) is 1.39. The van der Waals surface area contributed by atoms with E-state index in [1.165, 1.54) is 7.11 Å². The van der Waals surface area contributed by atoms with Crippen molar-refractivity contribution in [1.29, 1.82) is 0 Å². The van der Waals surface area contributed by atoms with Gasteiger partial charge in [0, 0.05) is 0 Å². The summed E-state index contributed by atoms with van der Waals surface area (Å²) < 4.78 is 12.1. The average molecular weight is 281 g/mol. The number of fused-ring (bicyclic) bond motifs is 1. The minimum Gasteiger partial charge on any atom is -0.467 e. The molecule has 0 aliphatic carbocycles. The van der Waals surface area contributed by atoms with Crippen molar-refractivity contribution in [3.8, 4) is 11.6 Å². The maximum absolute atomic E-state index is 11.9. The summed E-state index contributed by atoms with van der Waals surface area (Å²) in [6.07, 6.45) is 3.99. The Bertz CT molecular complexity index is 604. The summed E-state index contributed by atoms with van der Waals surface area (Å²) in [6.45, 7) is 0. The number of halogens is 1. The molecule has 3 rings (SSSR count). The maximum atomic E-state index is 11.9. The summed E-state index contributed by atoms with van der Waals surface area (Å²) in [4.78, 5) is 16.2. The first kappa shape index (κ1) is 12.3. The molecular weight excluding hydrogens is 268 g/mol. The summed E-state index contributed by atoms with van der Waals surface area (Å²) in [5, 5.41) is 0.431. The zero-order valence-electron chi connectivity index (χ0n) is 10.4. The quantitative estimate of drug-likeness (QED) is 0.794. The van der Waals surface area contributed by atoms with Gasteiger partial charge in [0.2, 0.25) is 0 Å². The molecule has 0 N–H and O–H groups in total. The lowest BCUT2D eigenvalue weighted by Crippen LogP contribution is -2.26. The Kier molecular flexibility index (Phi) is 3.06. The SMILES string of the molecule is COC(=O)C1CCCc2c(Cl)nc(-c3ccco3)n21. The van der Waals surface area contributed by atoms with E-state index in [0.29, 0.717) is 16.7 Å². The number of methoxy groups -OCH3 is 1. The van der Waals surface area contributed by atoms with Gasteiger partial charge in [0.15, 0.2) is 16.7 Å². The first-order valence-corrected chi connectivity index (χ1v) is 6.48. The third kappa shape index (κ3) is 1.94. The second kappa shape index (κ2) is 4.74. The topological polar surface area (TPSA) is 57.3 Å². The minimum atomic E-state index is -0.381. The van der Waals surface area contributed by atoms with E-state index in [9.17, 15) is 4.79 Å². The van der Waals surface area contributed by atoms with Crippen molar-refractivity contribution >= 4 is 17.6 Å². The number of hydrogen-bond acceptors (Lipinski definition) is 4. The van der Waals surface area contributed by atoms with Crippen LogP contribution in [0.2, 0.25) is 5.15 Å². The Balaban J connectivity index is 2.15. The number of esters is 1. The Hall–Kier alpha value is -1.75. The molecule has 2 aromatic rings. The van der Waals surface area contributed by atoms with E-state index in [4.69, 9.17) is 20.8 Å². The number of furan rings is 1. The minimum absolute atomic E-state index is 0.275. The number of carbonyl (C=O) groups is 1. The highest BCUT2D eigenvalue weighted by Gasteiger charge is 2.32. The lowest BCUT2D eigenvalue weighted by atomic mass is 10.0. The van der Waals surface area contributed by atoms with Gasteiger partial charge in [0.25, 0.3) is 0 Å². The fraction of sp³-hybridized carbons (Fsp3) is 0.385. The van der Waals surface area contributed by atoms with Crippen LogP contribution in [0.3, 0.4) is 0 Å². The van der Waals surface area contributed by atoms with Gasteiger partial charge < -0.3 is 13.7 Å². The number of hydrogen-bond donors (Lipinski definition) is 0. The molecule has 0 amide bonds. The summed E-state index contributed by atoms with van der Waals surface area (Å²) in [6, 6.07) is 3.20. The third-order valence-corrected chi connectivity index (χ3v) is 3.68. The Morgan fingerprint density at radius 1 is 1.63 bits per heavy atom. The van der Waals surface area contributed by atoms with Crippen LogP contribution in [0.25, 0.3) is 11.6 Å². The van der Waals surface area contributed by atoms with Crippen LogP contribution in [0.15, 0.2) is 22.8 Å². The van der Waals surface area contributed by atoms with Gasteiger partial charge in [0.05, 0.1) is 19.1 Å². The molecule has 100 valence electrons. The second-order valence-electron chi connectivity index (χ2n) is 4.45. The zero-order valence-corrected chi connectivity index (χ0v) is 11.2. The first-order valence-electron chi connectivity index (χ1n) is 6.10. The van der Waals surface area contributed by atoms with Crippen LogP contribution in [-0.2, 0) is 16.0 Å². The molecular formula is C13H13ClN2O3. The molecule has 0 fully saturated rings. The van der Waals surface area contributed by atoms with Gasteiger partial charge in [-0.3, -0.25) is 0 Å². The van der Waals surface area contributed by atoms with Gasteiger partial charge in [0.1, 0.15) is 6.04 Å². The molecule has 3 heterocycles. The normalized spacial score (nSPS) is 18.1. The highest BCUT2D eigenvalue weighted by Crippen LogP contribution is 2.36. The maximum Gasteiger partial charge on any atom is 0.328 e. The summed E-state index contributed by atoms with van der Waals surface area (Å²) in [5.74, 6) is 0.909. The van der Waals surface area contributed by atoms with Crippen LogP contribution >= 0.6 is 11.6 Å². The third-order valence-electron chi connectivity index (χ3n) is 3.38. The van der Waals surface area contributed by atoms with Gasteiger partial charge in [-0.2, -0.15) is 0 Å². The number of aromatic nitrogens is 2. The number of rotatable bonds is 2. The number of nitrogens with zero attached hydrogens (tertiary/aromatic N) is 2. The van der Waals surface area contributed by atoms with Crippen LogP contribution in [-0.4, -0.2) is 22.6 Å². The van der Waals surface area contributed by atoms with Crippen LogP contribution in [0.5, 0.6) is 0 Å². The molecule has 1 atom stereocenters. The monoisotopic (exact) mass is 280 g/mol. The Labute approximate surface area is 115 Å². The predicted octanol–water partition coefficient (Wildman–Crippen LogP) is 2.85. The van der Waals surface area contributed by atoms with E-state index in [1.54, 1.807) is 18.4 Å². The molecule has 0 bridgehead atoms. The Morgan fingerprint density at radius 3 is 3.16 bits per heavy atom. The number of imidazole rings is 1. The molecule has 0 spiro atoms. The van der Waals surface area contributed by atoms with E-state index >= 15 is 0 Å². The fourth-order valence-corrected chi connectivity index (χ4v) is 2.79. The van der Waals surface area contributed by atoms with Gasteiger partial charge >= 0.3 is 5.97 Å². The number of ether oxygens (including phenoxy) is 1. The molecule has 1 aliphatic rings. The van der Waals surface area contributed by atoms with Gasteiger partial charge in [-0.25, -0.2) is 9.78 Å².